The zero-order valence-corrected chi connectivity index (χ0v) is 10.5. The maximum atomic E-state index is 11.0. The van der Waals surface area contributed by atoms with Crippen molar-refractivity contribution in [1.82, 2.24) is 0 Å². The Morgan fingerprint density at radius 2 is 2.17 bits per heavy atom. The molecule has 1 unspecified atom stereocenters. The van der Waals surface area contributed by atoms with E-state index >= 15 is 0 Å². The molecule has 0 aliphatic heterocycles. The van der Waals surface area contributed by atoms with Gasteiger partial charge in [-0.2, -0.15) is 0 Å². The Morgan fingerprint density at radius 3 is 2.67 bits per heavy atom. The second-order valence-corrected chi connectivity index (χ2v) is 4.90. The predicted octanol–water partition coefficient (Wildman–Crippen LogP) is 0.0376. The second kappa shape index (κ2) is 6.01. The molecule has 1 aromatic carbocycles. The highest BCUT2D eigenvalue weighted by Crippen LogP contribution is 2.26. The first kappa shape index (κ1) is 14.0. The van der Waals surface area contributed by atoms with E-state index in [-0.39, 0.29) is 17.4 Å². The SMILES string of the molecule is CS(=O)CNc1ccc(C(=O)O)cc1N=C(N)N. The van der Waals surface area contributed by atoms with Gasteiger partial charge < -0.3 is 21.9 Å². The standard InChI is InChI=1S/C10H14N4O3S/c1-18(17)5-13-7-3-2-6(9(15)16)4-8(7)14-10(11)12/h2-4,13H,5H2,1H3,(H,15,16)(H4,11,12,14). The third-order valence-corrected chi connectivity index (χ3v) is 2.51. The lowest BCUT2D eigenvalue weighted by atomic mass is 10.2. The van der Waals surface area contributed by atoms with Crippen LogP contribution in [0.4, 0.5) is 11.4 Å². The Labute approximate surface area is 106 Å². The van der Waals surface area contributed by atoms with Gasteiger partial charge in [-0.3, -0.25) is 4.21 Å². The molecule has 0 heterocycles. The maximum absolute atomic E-state index is 11.0. The molecule has 0 spiro atoms. The Morgan fingerprint density at radius 1 is 1.50 bits per heavy atom. The summed E-state index contributed by atoms with van der Waals surface area (Å²) in [4.78, 5) is 14.7. The van der Waals surface area contributed by atoms with Gasteiger partial charge in [-0.25, -0.2) is 9.79 Å². The zero-order valence-electron chi connectivity index (χ0n) is 9.71. The predicted molar refractivity (Wildman–Crippen MR) is 71.4 cm³/mol. The average molecular weight is 270 g/mol. The minimum atomic E-state index is -1.08. The maximum Gasteiger partial charge on any atom is 0.335 e. The number of nitrogens with zero attached hydrogens (tertiary/aromatic N) is 1. The molecule has 1 rings (SSSR count). The Balaban J connectivity index is 3.12. The molecule has 18 heavy (non-hydrogen) atoms. The number of hydrogen-bond donors (Lipinski definition) is 4. The number of nitrogens with two attached hydrogens (primary N) is 2. The molecular weight excluding hydrogens is 256 g/mol. The fourth-order valence-electron chi connectivity index (χ4n) is 1.23. The first-order valence-electron chi connectivity index (χ1n) is 4.91. The van der Waals surface area contributed by atoms with E-state index in [2.05, 4.69) is 10.3 Å². The van der Waals surface area contributed by atoms with Gasteiger partial charge in [0, 0.05) is 17.1 Å². The van der Waals surface area contributed by atoms with Crippen LogP contribution in [0.1, 0.15) is 10.4 Å². The molecule has 1 atom stereocenters. The lowest BCUT2D eigenvalue weighted by Crippen LogP contribution is -2.22. The van der Waals surface area contributed by atoms with Crippen molar-refractivity contribution in [3.05, 3.63) is 23.8 Å². The summed E-state index contributed by atoms with van der Waals surface area (Å²) in [6, 6.07) is 4.27. The number of aromatic carboxylic acids is 1. The van der Waals surface area contributed by atoms with Crippen molar-refractivity contribution in [2.24, 2.45) is 16.5 Å². The molecule has 8 heteroatoms. The van der Waals surface area contributed by atoms with Crippen LogP contribution in [-0.2, 0) is 10.8 Å². The van der Waals surface area contributed by atoms with E-state index in [0.29, 0.717) is 11.4 Å². The van der Waals surface area contributed by atoms with Crippen LogP contribution in [0.25, 0.3) is 0 Å². The van der Waals surface area contributed by atoms with Crippen molar-refractivity contribution in [1.29, 1.82) is 0 Å². The number of nitrogens with one attached hydrogen (secondary N) is 1. The molecule has 1 aromatic rings. The number of guanidine groups is 1. The summed E-state index contributed by atoms with van der Waals surface area (Å²) in [6.07, 6.45) is 1.54. The molecule has 0 amide bonds. The summed E-state index contributed by atoms with van der Waals surface area (Å²) in [5, 5.41) is 11.7. The number of hydrogen-bond acceptors (Lipinski definition) is 4. The molecular formula is C10H14N4O3S. The van der Waals surface area contributed by atoms with Gasteiger partial charge in [0.1, 0.15) is 0 Å². The Kier molecular flexibility index (Phi) is 4.67. The first-order chi connectivity index (χ1) is 8.40. The number of anilines is 1. The average Bonchev–Trinajstić information content (AvgIpc) is 2.26. The van der Waals surface area contributed by atoms with E-state index in [0.717, 1.165) is 0 Å². The van der Waals surface area contributed by atoms with Gasteiger partial charge in [0.05, 0.1) is 22.8 Å². The fourth-order valence-corrected chi connectivity index (χ4v) is 1.58. The second-order valence-electron chi connectivity index (χ2n) is 3.47. The highest BCUT2D eigenvalue weighted by Gasteiger charge is 2.08. The normalized spacial score (nSPS) is 11.6. The lowest BCUT2D eigenvalue weighted by Gasteiger charge is -2.09. The van der Waals surface area contributed by atoms with Crippen LogP contribution in [0.3, 0.4) is 0 Å². The van der Waals surface area contributed by atoms with Crippen LogP contribution < -0.4 is 16.8 Å². The molecule has 0 bridgehead atoms. The number of carboxylic acids is 1. The molecule has 98 valence electrons. The van der Waals surface area contributed by atoms with Gasteiger partial charge in [-0.05, 0) is 18.2 Å². The number of carboxylic acid groups (broad SMARTS) is 1. The van der Waals surface area contributed by atoms with Crippen LogP contribution in [0.15, 0.2) is 23.2 Å². The van der Waals surface area contributed by atoms with E-state index in [1.165, 1.54) is 18.2 Å². The molecule has 0 fully saturated rings. The van der Waals surface area contributed by atoms with Crippen LogP contribution in [0.2, 0.25) is 0 Å². The molecule has 7 nitrogen and oxygen atoms in total. The van der Waals surface area contributed by atoms with Crippen molar-refractivity contribution in [2.75, 3.05) is 17.4 Å². The van der Waals surface area contributed by atoms with Crippen molar-refractivity contribution in [3.8, 4) is 0 Å². The monoisotopic (exact) mass is 270 g/mol. The quantitative estimate of drug-likeness (QED) is 0.441. The van der Waals surface area contributed by atoms with E-state index in [4.69, 9.17) is 16.6 Å². The van der Waals surface area contributed by atoms with E-state index in [1.54, 1.807) is 6.26 Å². The van der Waals surface area contributed by atoms with Gasteiger partial charge in [-0.1, -0.05) is 0 Å². The molecule has 6 N–H and O–H groups in total. The molecule has 0 aromatic heterocycles. The minimum absolute atomic E-state index is 0.0678. The highest BCUT2D eigenvalue weighted by molar-refractivity contribution is 7.84. The van der Waals surface area contributed by atoms with Crippen molar-refractivity contribution in [3.63, 3.8) is 0 Å². The Bertz CT molecular complexity index is 512. The van der Waals surface area contributed by atoms with E-state index in [9.17, 15) is 9.00 Å². The van der Waals surface area contributed by atoms with Crippen molar-refractivity contribution < 1.29 is 14.1 Å². The summed E-state index contributed by atoms with van der Waals surface area (Å²) in [6.45, 7) is 0. The van der Waals surface area contributed by atoms with Crippen LogP contribution >= 0.6 is 0 Å². The Hall–Kier alpha value is -2.09. The largest absolute Gasteiger partial charge is 0.478 e. The third kappa shape index (κ3) is 4.06. The summed E-state index contributed by atoms with van der Waals surface area (Å²) in [7, 11) is -1.04. The van der Waals surface area contributed by atoms with Gasteiger partial charge >= 0.3 is 5.97 Å². The third-order valence-electron chi connectivity index (χ3n) is 1.96. The van der Waals surface area contributed by atoms with Gasteiger partial charge in [-0.15, -0.1) is 0 Å². The summed E-state index contributed by atoms with van der Waals surface area (Å²) in [5.41, 5.74) is 11.4. The molecule has 0 saturated carbocycles. The number of rotatable bonds is 5. The topological polar surface area (TPSA) is 131 Å². The van der Waals surface area contributed by atoms with Crippen LogP contribution in [0, 0.1) is 0 Å². The molecule has 0 aliphatic carbocycles. The number of carbonyl (C=O) groups is 1. The van der Waals surface area contributed by atoms with E-state index in [1.807, 2.05) is 0 Å². The molecule has 0 saturated heterocycles. The van der Waals surface area contributed by atoms with E-state index < -0.39 is 16.8 Å². The van der Waals surface area contributed by atoms with Crippen molar-refractivity contribution in [2.45, 2.75) is 0 Å². The summed E-state index contributed by atoms with van der Waals surface area (Å²) in [5.74, 6) is -1.04. The highest BCUT2D eigenvalue weighted by atomic mass is 32.2. The van der Waals surface area contributed by atoms with Gasteiger partial charge in [0.25, 0.3) is 0 Å². The van der Waals surface area contributed by atoms with Crippen LogP contribution in [0.5, 0.6) is 0 Å². The van der Waals surface area contributed by atoms with Crippen molar-refractivity contribution >= 4 is 34.1 Å². The zero-order chi connectivity index (χ0) is 13.7. The molecule has 0 radical (unpaired) electrons. The smallest absolute Gasteiger partial charge is 0.335 e. The summed E-state index contributed by atoms with van der Waals surface area (Å²) < 4.78 is 11.0. The number of benzene rings is 1. The first-order valence-corrected chi connectivity index (χ1v) is 6.63. The van der Waals surface area contributed by atoms with Crippen LogP contribution in [-0.4, -0.2) is 33.4 Å². The summed E-state index contributed by atoms with van der Waals surface area (Å²) >= 11 is 0. The minimum Gasteiger partial charge on any atom is -0.478 e. The lowest BCUT2D eigenvalue weighted by molar-refractivity contribution is 0.0697. The number of aliphatic imine (C=N–C) groups is 1. The fraction of sp³-hybridized carbons (Fsp3) is 0.200. The molecule has 0 aliphatic rings. The van der Waals surface area contributed by atoms with Gasteiger partial charge in [0.15, 0.2) is 5.96 Å². The van der Waals surface area contributed by atoms with Gasteiger partial charge in [0.2, 0.25) is 0 Å².